The molecule has 20 heavy (non-hydrogen) atoms. The summed E-state index contributed by atoms with van der Waals surface area (Å²) in [4.78, 5) is 13.8. The summed E-state index contributed by atoms with van der Waals surface area (Å²) in [6.45, 7) is 0.645. The van der Waals surface area contributed by atoms with Gasteiger partial charge in [0, 0.05) is 13.1 Å². The molecule has 0 aliphatic heterocycles. The van der Waals surface area contributed by atoms with Crippen LogP contribution in [0.2, 0.25) is 5.02 Å². The molecule has 4 nitrogen and oxygen atoms in total. The number of carbonyl (C=O) groups excluding carboxylic acids is 1. The Bertz CT molecular complexity index is 560. The van der Waals surface area contributed by atoms with E-state index >= 15 is 0 Å². The molecule has 2 aromatic rings. The summed E-state index contributed by atoms with van der Waals surface area (Å²) in [5, 5.41) is 16.3. The van der Waals surface area contributed by atoms with Gasteiger partial charge >= 0.3 is 6.03 Å². The van der Waals surface area contributed by atoms with Crippen molar-refractivity contribution in [2.24, 2.45) is 0 Å². The van der Waals surface area contributed by atoms with Crippen molar-refractivity contribution in [2.75, 3.05) is 18.5 Å². The molecule has 0 aliphatic carbocycles. The van der Waals surface area contributed by atoms with Crippen molar-refractivity contribution in [3.8, 4) is 0 Å². The third kappa shape index (κ3) is 3.96. The van der Waals surface area contributed by atoms with Gasteiger partial charge in [0.2, 0.25) is 0 Å². The van der Waals surface area contributed by atoms with Crippen LogP contribution in [0.4, 0.5) is 10.5 Å². The maximum Gasteiger partial charge on any atom is 0.322 e. The van der Waals surface area contributed by atoms with Gasteiger partial charge in [-0.05, 0) is 34.5 Å². The van der Waals surface area contributed by atoms with E-state index < -0.39 is 0 Å². The lowest BCUT2D eigenvalue weighted by molar-refractivity contribution is 0.185. The summed E-state index contributed by atoms with van der Waals surface area (Å²) in [5.74, 6) is 0. The molecule has 0 saturated heterocycles. The van der Waals surface area contributed by atoms with Gasteiger partial charge in [-0.1, -0.05) is 23.7 Å². The highest BCUT2D eigenvalue weighted by atomic mass is 35.5. The molecule has 2 amide bonds. The highest BCUT2D eigenvalue weighted by molar-refractivity contribution is 7.07. The van der Waals surface area contributed by atoms with Crippen molar-refractivity contribution in [1.29, 1.82) is 0 Å². The Morgan fingerprint density at radius 2 is 2.15 bits per heavy atom. The van der Waals surface area contributed by atoms with Gasteiger partial charge in [-0.2, -0.15) is 11.3 Å². The van der Waals surface area contributed by atoms with E-state index in [2.05, 4.69) is 5.32 Å². The van der Waals surface area contributed by atoms with Crippen LogP contribution in [-0.4, -0.2) is 29.2 Å². The second-order valence-electron chi connectivity index (χ2n) is 4.19. The predicted molar refractivity (Wildman–Crippen MR) is 82.3 cm³/mol. The van der Waals surface area contributed by atoms with Gasteiger partial charge < -0.3 is 15.3 Å². The molecule has 0 atom stereocenters. The largest absolute Gasteiger partial charge is 0.395 e. The third-order valence-electron chi connectivity index (χ3n) is 2.73. The van der Waals surface area contributed by atoms with E-state index in [1.807, 2.05) is 16.8 Å². The maximum atomic E-state index is 12.2. The van der Waals surface area contributed by atoms with E-state index in [4.69, 9.17) is 16.7 Å². The standard InChI is InChI=1S/C14H15ClN2O2S/c15-12-3-1-2-4-13(12)16-14(19)17(6-7-18)9-11-5-8-20-10-11/h1-5,8,10,18H,6-7,9H2,(H,16,19). The molecule has 1 aromatic heterocycles. The van der Waals surface area contributed by atoms with Crippen molar-refractivity contribution in [1.82, 2.24) is 4.90 Å². The lowest BCUT2D eigenvalue weighted by atomic mass is 10.3. The zero-order valence-corrected chi connectivity index (χ0v) is 12.3. The molecule has 0 fully saturated rings. The fourth-order valence-electron chi connectivity index (χ4n) is 1.73. The molecule has 2 N–H and O–H groups in total. The molecule has 6 heteroatoms. The number of amides is 2. The number of rotatable bonds is 5. The lowest BCUT2D eigenvalue weighted by Gasteiger charge is -2.22. The van der Waals surface area contributed by atoms with Crippen LogP contribution >= 0.6 is 22.9 Å². The van der Waals surface area contributed by atoms with Crippen LogP contribution in [0.5, 0.6) is 0 Å². The van der Waals surface area contributed by atoms with Crippen LogP contribution in [0.15, 0.2) is 41.1 Å². The van der Waals surface area contributed by atoms with Gasteiger partial charge in [0.15, 0.2) is 0 Å². The summed E-state index contributed by atoms with van der Waals surface area (Å²) in [5.41, 5.74) is 1.60. The van der Waals surface area contributed by atoms with Crippen LogP contribution in [0.25, 0.3) is 0 Å². The van der Waals surface area contributed by atoms with Crippen LogP contribution in [-0.2, 0) is 6.54 Å². The fraction of sp³-hybridized carbons (Fsp3) is 0.214. The fourth-order valence-corrected chi connectivity index (χ4v) is 2.58. The van der Waals surface area contributed by atoms with E-state index in [9.17, 15) is 4.79 Å². The number of para-hydroxylation sites is 1. The predicted octanol–water partition coefficient (Wildman–Crippen LogP) is 3.43. The minimum absolute atomic E-state index is 0.0833. The third-order valence-corrected chi connectivity index (χ3v) is 3.79. The number of urea groups is 1. The van der Waals surface area contributed by atoms with E-state index in [1.54, 1.807) is 40.5 Å². The zero-order chi connectivity index (χ0) is 14.4. The second kappa shape index (κ2) is 7.28. The molecule has 0 saturated carbocycles. The molecule has 0 aliphatic rings. The van der Waals surface area contributed by atoms with Crippen molar-refractivity contribution >= 4 is 34.7 Å². The number of aliphatic hydroxyl groups is 1. The summed E-state index contributed by atoms with van der Waals surface area (Å²) in [7, 11) is 0. The highest BCUT2D eigenvalue weighted by Crippen LogP contribution is 2.21. The number of benzene rings is 1. The molecule has 1 aromatic carbocycles. The Labute approximate surface area is 126 Å². The summed E-state index contributed by atoms with van der Waals surface area (Å²) < 4.78 is 0. The monoisotopic (exact) mass is 310 g/mol. The SMILES string of the molecule is O=C(Nc1ccccc1Cl)N(CCO)Cc1ccsc1. The zero-order valence-electron chi connectivity index (χ0n) is 10.8. The Hall–Kier alpha value is -1.56. The first-order chi connectivity index (χ1) is 9.70. The van der Waals surface area contributed by atoms with Crippen LogP contribution in [0, 0.1) is 0 Å². The number of hydrogen-bond donors (Lipinski definition) is 2. The second-order valence-corrected chi connectivity index (χ2v) is 5.37. The van der Waals surface area contributed by atoms with Crippen molar-refractivity contribution in [3.63, 3.8) is 0 Å². The molecule has 1 heterocycles. The molecule has 0 unspecified atom stereocenters. The van der Waals surface area contributed by atoms with Crippen LogP contribution in [0.1, 0.15) is 5.56 Å². The first-order valence-electron chi connectivity index (χ1n) is 6.13. The van der Waals surface area contributed by atoms with Gasteiger partial charge in [-0.25, -0.2) is 4.79 Å². The normalized spacial score (nSPS) is 10.3. The highest BCUT2D eigenvalue weighted by Gasteiger charge is 2.14. The Morgan fingerprint density at radius 1 is 1.35 bits per heavy atom. The number of nitrogens with zero attached hydrogens (tertiary/aromatic N) is 1. The average Bonchev–Trinajstić information content (AvgIpc) is 2.94. The summed E-state index contributed by atoms with van der Waals surface area (Å²) >= 11 is 7.59. The van der Waals surface area contributed by atoms with Gasteiger partial charge in [0.1, 0.15) is 0 Å². The first-order valence-corrected chi connectivity index (χ1v) is 7.45. The maximum absolute atomic E-state index is 12.2. The molecule has 0 spiro atoms. The number of thiophene rings is 1. The Kier molecular flexibility index (Phi) is 5.40. The number of aliphatic hydroxyl groups excluding tert-OH is 1. The van der Waals surface area contributed by atoms with Crippen LogP contribution in [0.3, 0.4) is 0 Å². The van der Waals surface area contributed by atoms with Gasteiger partial charge in [-0.15, -0.1) is 0 Å². The molecular formula is C14H15ClN2O2S. The van der Waals surface area contributed by atoms with Gasteiger partial charge in [0.05, 0.1) is 17.3 Å². The Morgan fingerprint density at radius 3 is 2.80 bits per heavy atom. The lowest BCUT2D eigenvalue weighted by Crippen LogP contribution is -2.36. The first kappa shape index (κ1) is 14.8. The summed E-state index contributed by atoms with van der Waals surface area (Å²) in [6, 6.07) is 8.73. The van der Waals surface area contributed by atoms with Crippen molar-refractivity contribution in [2.45, 2.75) is 6.54 Å². The number of hydrogen-bond acceptors (Lipinski definition) is 3. The van der Waals surface area contributed by atoms with Crippen molar-refractivity contribution in [3.05, 3.63) is 51.7 Å². The minimum Gasteiger partial charge on any atom is -0.395 e. The van der Waals surface area contributed by atoms with Crippen molar-refractivity contribution < 1.29 is 9.90 Å². The smallest absolute Gasteiger partial charge is 0.322 e. The number of carbonyl (C=O) groups is 1. The average molecular weight is 311 g/mol. The molecule has 106 valence electrons. The quantitative estimate of drug-likeness (QED) is 0.889. The van der Waals surface area contributed by atoms with E-state index in [1.165, 1.54) is 0 Å². The number of anilines is 1. The topological polar surface area (TPSA) is 52.6 Å². The Balaban J connectivity index is 2.05. The molecular weight excluding hydrogens is 296 g/mol. The minimum atomic E-state index is -0.279. The van der Waals surface area contributed by atoms with E-state index in [0.29, 0.717) is 17.3 Å². The number of halogens is 1. The van der Waals surface area contributed by atoms with Gasteiger partial charge in [0.25, 0.3) is 0 Å². The molecule has 0 radical (unpaired) electrons. The molecule has 2 rings (SSSR count). The number of nitrogens with one attached hydrogen (secondary N) is 1. The van der Waals surface area contributed by atoms with Crippen LogP contribution < -0.4 is 5.32 Å². The van der Waals surface area contributed by atoms with E-state index in [0.717, 1.165) is 5.56 Å². The summed E-state index contributed by atoms with van der Waals surface area (Å²) in [6.07, 6.45) is 0. The van der Waals surface area contributed by atoms with E-state index in [-0.39, 0.29) is 19.2 Å². The molecule has 0 bridgehead atoms. The van der Waals surface area contributed by atoms with Gasteiger partial charge in [-0.3, -0.25) is 0 Å².